The molecule has 2 heterocycles. The highest BCUT2D eigenvalue weighted by Crippen LogP contribution is 2.25. The molecule has 0 aliphatic heterocycles. The molecule has 0 aliphatic carbocycles. The zero-order valence-electron chi connectivity index (χ0n) is 12.7. The van der Waals surface area contributed by atoms with Crippen molar-refractivity contribution in [2.75, 3.05) is 0 Å². The molecule has 4 rings (SSSR count). The molecule has 118 valence electrons. The summed E-state index contributed by atoms with van der Waals surface area (Å²) in [4.78, 5) is 26.9. The normalized spacial score (nSPS) is 11.2. The van der Waals surface area contributed by atoms with Gasteiger partial charge in [0.15, 0.2) is 0 Å². The molecule has 5 nitrogen and oxygen atoms in total. The number of carboxylic acid groups (broad SMARTS) is 1. The molecule has 0 radical (unpaired) electrons. The second-order valence-corrected chi connectivity index (χ2v) is 5.67. The predicted molar refractivity (Wildman–Crippen MR) is 92.6 cm³/mol. The lowest BCUT2D eigenvalue weighted by molar-refractivity contribution is 0.0686. The van der Waals surface area contributed by atoms with E-state index in [2.05, 4.69) is 4.98 Å². The molecule has 0 atom stereocenters. The molecule has 2 aromatic heterocycles. The summed E-state index contributed by atoms with van der Waals surface area (Å²) >= 11 is 0. The van der Waals surface area contributed by atoms with Crippen LogP contribution in [0.1, 0.15) is 16.1 Å². The van der Waals surface area contributed by atoms with E-state index in [1.54, 1.807) is 4.57 Å². The fraction of sp³-hybridized carbons (Fsp3) is 0.0526. The van der Waals surface area contributed by atoms with Crippen LogP contribution in [0.15, 0.2) is 65.5 Å². The van der Waals surface area contributed by atoms with Gasteiger partial charge in [0, 0.05) is 11.9 Å². The lowest BCUT2D eigenvalue weighted by Gasteiger charge is -2.10. The SMILES string of the molecule is O=C(O)c1cc2c(=O)[nH]c3ccccc3c2n1Cc1ccccc1. The highest BCUT2D eigenvalue weighted by atomic mass is 16.4. The maximum Gasteiger partial charge on any atom is 0.352 e. The molecule has 5 heteroatoms. The molecule has 0 spiro atoms. The first kappa shape index (κ1) is 14.3. The number of pyridine rings is 1. The van der Waals surface area contributed by atoms with Crippen LogP contribution in [-0.2, 0) is 6.54 Å². The molecule has 0 aliphatic rings. The summed E-state index contributed by atoms with van der Waals surface area (Å²) in [6.45, 7) is 0.388. The van der Waals surface area contributed by atoms with Crippen LogP contribution in [0.2, 0.25) is 0 Å². The standard InChI is InChI=1S/C19H14N2O3/c22-18-14-10-16(19(23)24)21(11-12-6-2-1-3-7-12)17(14)13-8-4-5-9-15(13)20-18/h1-10H,11H2,(H,20,22)(H,23,24). The Morgan fingerprint density at radius 2 is 1.71 bits per heavy atom. The third-order valence-electron chi connectivity index (χ3n) is 4.17. The molecule has 0 saturated carbocycles. The number of fused-ring (bicyclic) bond motifs is 3. The number of aromatic amines is 1. The molecule has 4 aromatic rings. The van der Waals surface area contributed by atoms with Gasteiger partial charge in [0.2, 0.25) is 0 Å². The number of carboxylic acids is 1. The number of benzene rings is 2. The van der Waals surface area contributed by atoms with E-state index in [0.29, 0.717) is 23.0 Å². The molecule has 24 heavy (non-hydrogen) atoms. The Labute approximate surface area is 136 Å². The van der Waals surface area contributed by atoms with Crippen LogP contribution < -0.4 is 5.56 Å². The van der Waals surface area contributed by atoms with Crippen molar-refractivity contribution < 1.29 is 9.90 Å². The number of carbonyl (C=O) groups is 1. The van der Waals surface area contributed by atoms with Crippen LogP contribution in [0, 0.1) is 0 Å². The second-order valence-electron chi connectivity index (χ2n) is 5.67. The largest absolute Gasteiger partial charge is 0.477 e. The van der Waals surface area contributed by atoms with E-state index in [0.717, 1.165) is 10.9 Å². The van der Waals surface area contributed by atoms with Gasteiger partial charge in [0.05, 0.1) is 16.4 Å². The van der Waals surface area contributed by atoms with Crippen LogP contribution >= 0.6 is 0 Å². The zero-order valence-corrected chi connectivity index (χ0v) is 12.7. The number of para-hydroxylation sites is 1. The van der Waals surface area contributed by atoms with Gasteiger partial charge in [-0.15, -0.1) is 0 Å². The highest BCUT2D eigenvalue weighted by molar-refractivity contribution is 6.06. The summed E-state index contributed by atoms with van der Waals surface area (Å²) in [5.74, 6) is -1.05. The number of aromatic nitrogens is 2. The second kappa shape index (κ2) is 5.38. The fourth-order valence-corrected chi connectivity index (χ4v) is 3.11. The van der Waals surface area contributed by atoms with Gasteiger partial charge >= 0.3 is 5.97 Å². The number of aromatic carboxylic acids is 1. The van der Waals surface area contributed by atoms with Gasteiger partial charge in [0.1, 0.15) is 5.69 Å². The summed E-state index contributed by atoms with van der Waals surface area (Å²) in [5, 5.41) is 10.8. The van der Waals surface area contributed by atoms with Crippen molar-refractivity contribution in [3.05, 3.63) is 82.3 Å². The lowest BCUT2D eigenvalue weighted by atomic mass is 10.1. The van der Waals surface area contributed by atoms with Gasteiger partial charge in [-0.25, -0.2) is 4.79 Å². The van der Waals surface area contributed by atoms with Crippen molar-refractivity contribution >= 4 is 27.8 Å². The molecule has 0 amide bonds. The first-order valence-electron chi connectivity index (χ1n) is 7.56. The van der Waals surface area contributed by atoms with Crippen LogP contribution in [0.25, 0.3) is 21.8 Å². The monoisotopic (exact) mass is 318 g/mol. The van der Waals surface area contributed by atoms with Crippen molar-refractivity contribution in [2.45, 2.75) is 6.54 Å². The van der Waals surface area contributed by atoms with Gasteiger partial charge in [-0.1, -0.05) is 48.5 Å². The van der Waals surface area contributed by atoms with Crippen molar-refractivity contribution in [3.8, 4) is 0 Å². The van der Waals surface area contributed by atoms with Crippen molar-refractivity contribution in [3.63, 3.8) is 0 Å². The Morgan fingerprint density at radius 3 is 2.46 bits per heavy atom. The maximum absolute atomic E-state index is 12.4. The van der Waals surface area contributed by atoms with Crippen LogP contribution in [0.5, 0.6) is 0 Å². The predicted octanol–water partition coefficient (Wildman–Crippen LogP) is 3.23. The molecule has 0 bridgehead atoms. The molecule has 2 N–H and O–H groups in total. The van der Waals surface area contributed by atoms with E-state index in [1.165, 1.54) is 6.07 Å². The van der Waals surface area contributed by atoms with Gasteiger partial charge in [-0.3, -0.25) is 4.79 Å². The Hall–Kier alpha value is -3.34. The fourth-order valence-electron chi connectivity index (χ4n) is 3.11. The summed E-state index contributed by atoms with van der Waals surface area (Å²) < 4.78 is 1.70. The third kappa shape index (κ3) is 2.18. The number of nitrogens with zero attached hydrogens (tertiary/aromatic N) is 1. The van der Waals surface area contributed by atoms with Gasteiger partial charge in [0.25, 0.3) is 5.56 Å². The molecule has 0 fully saturated rings. The average molecular weight is 318 g/mol. The van der Waals surface area contributed by atoms with E-state index in [1.807, 2.05) is 54.6 Å². The molecular formula is C19H14N2O3. The van der Waals surface area contributed by atoms with Crippen LogP contribution in [-0.4, -0.2) is 20.6 Å². The average Bonchev–Trinajstić information content (AvgIpc) is 2.96. The quantitative estimate of drug-likeness (QED) is 0.609. The summed E-state index contributed by atoms with van der Waals surface area (Å²) in [5.41, 5.74) is 2.14. The van der Waals surface area contributed by atoms with Crippen molar-refractivity contribution in [2.24, 2.45) is 0 Å². The number of H-pyrrole nitrogens is 1. The number of rotatable bonds is 3. The maximum atomic E-state index is 12.4. The van der Waals surface area contributed by atoms with Crippen molar-refractivity contribution in [1.29, 1.82) is 0 Å². The molecule has 0 unspecified atom stereocenters. The minimum Gasteiger partial charge on any atom is -0.477 e. The number of hydrogen-bond donors (Lipinski definition) is 2. The lowest BCUT2D eigenvalue weighted by Crippen LogP contribution is -2.10. The van der Waals surface area contributed by atoms with Gasteiger partial charge in [-0.2, -0.15) is 0 Å². The number of nitrogens with one attached hydrogen (secondary N) is 1. The van der Waals surface area contributed by atoms with E-state index in [-0.39, 0.29) is 11.3 Å². The Kier molecular flexibility index (Phi) is 3.20. The van der Waals surface area contributed by atoms with E-state index < -0.39 is 5.97 Å². The highest BCUT2D eigenvalue weighted by Gasteiger charge is 2.19. The van der Waals surface area contributed by atoms with E-state index in [9.17, 15) is 14.7 Å². The minimum absolute atomic E-state index is 0.107. The molecular weight excluding hydrogens is 304 g/mol. The van der Waals surface area contributed by atoms with E-state index in [4.69, 9.17) is 0 Å². The molecule has 2 aromatic carbocycles. The van der Waals surface area contributed by atoms with Crippen molar-refractivity contribution in [1.82, 2.24) is 9.55 Å². The topological polar surface area (TPSA) is 75.1 Å². The van der Waals surface area contributed by atoms with Crippen LogP contribution in [0.4, 0.5) is 0 Å². The smallest absolute Gasteiger partial charge is 0.352 e. The summed E-state index contributed by atoms with van der Waals surface area (Å²) in [6, 6.07) is 18.5. The minimum atomic E-state index is -1.05. The zero-order chi connectivity index (χ0) is 16.7. The number of hydrogen-bond acceptors (Lipinski definition) is 2. The van der Waals surface area contributed by atoms with Gasteiger partial charge in [-0.05, 0) is 17.7 Å². The van der Waals surface area contributed by atoms with E-state index >= 15 is 0 Å². The first-order valence-corrected chi connectivity index (χ1v) is 7.56. The molecule has 0 saturated heterocycles. The first-order chi connectivity index (χ1) is 11.6. The summed E-state index contributed by atoms with van der Waals surface area (Å²) in [7, 11) is 0. The van der Waals surface area contributed by atoms with Crippen LogP contribution in [0.3, 0.4) is 0 Å². The third-order valence-corrected chi connectivity index (χ3v) is 4.17. The Balaban J connectivity index is 2.10. The Bertz CT molecular complexity index is 1120. The van der Waals surface area contributed by atoms with Gasteiger partial charge < -0.3 is 14.7 Å². The Morgan fingerprint density at radius 1 is 1.00 bits per heavy atom. The summed E-state index contributed by atoms with van der Waals surface area (Å²) in [6.07, 6.45) is 0.